The molecule has 4 N–H and O–H groups in total. The van der Waals surface area contributed by atoms with Crippen LogP contribution in [0.25, 0.3) is 11.0 Å². The molecule has 3 aromatic rings. The highest BCUT2D eigenvalue weighted by Gasteiger charge is 2.10. The number of aromatic amines is 1. The molecule has 8 heteroatoms. The van der Waals surface area contributed by atoms with Crippen LogP contribution in [0.2, 0.25) is 0 Å². The van der Waals surface area contributed by atoms with Crippen LogP contribution in [-0.2, 0) is 0 Å². The number of benzene rings is 2. The van der Waals surface area contributed by atoms with Gasteiger partial charge in [-0.15, -0.1) is 0 Å². The van der Waals surface area contributed by atoms with Crippen LogP contribution in [0, 0.1) is 0 Å². The van der Waals surface area contributed by atoms with Crippen molar-refractivity contribution in [2.24, 2.45) is 0 Å². The van der Waals surface area contributed by atoms with Gasteiger partial charge in [0, 0.05) is 5.56 Å². The number of hydroxylamine groups is 1. The molecule has 0 aliphatic rings. The van der Waals surface area contributed by atoms with Crippen molar-refractivity contribution in [2.45, 2.75) is 0 Å². The molecule has 0 unspecified atom stereocenters. The Morgan fingerprint density at radius 2 is 1.96 bits per heavy atom. The third kappa shape index (κ3) is 4.11. The number of carbonyl (C=O) groups is 1. The van der Waals surface area contributed by atoms with E-state index in [0.717, 1.165) is 11.0 Å². The average molecular weight is 356 g/mol. The van der Waals surface area contributed by atoms with E-state index in [0.29, 0.717) is 24.5 Å². The number of amides is 1. The second kappa shape index (κ2) is 7.73. The Kier molecular flexibility index (Phi) is 5.22. The molecule has 3 rings (SSSR count). The summed E-state index contributed by atoms with van der Waals surface area (Å²) in [6, 6.07) is 14.4. The zero-order chi connectivity index (χ0) is 17.6. The van der Waals surface area contributed by atoms with Gasteiger partial charge in [-0.05, 0) is 36.4 Å². The van der Waals surface area contributed by atoms with Crippen molar-refractivity contribution in [1.29, 1.82) is 0 Å². The number of hydrogen-bond acceptors (Lipinski definition) is 5. The Bertz CT molecular complexity index is 859. The van der Waals surface area contributed by atoms with E-state index >= 15 is 0 Å². The van der Waals surface area contributed by atoms with Gasteiger partial charge in [0.25, 0.3) is 5.91 Å². The minimum Gasteiger partial charge on any atom is -0.492 e. The Hall–Kier alpha value is -2.97. The lowest BCUT2D eigenvalue weighted by molar-refractivity contribution is 0.0938. The summed E-state index contributed by atoms with van der Waals surface area (Å²) in [6.07, 6.45) is 0. The Labute approximate surface area is 149 Å². The number of ether oxygens (including phenoxy) is 1. The molecule has 0 aliphatic heterocycles. The average Bonchev–Trinajstić information content (AvgIpc) is 3.09. The molecule has 0 fully saturated rings. The van der Waals surface area contributed by atoms with Crippen molar-refractivity contribution >= 4 is 34.1 Å². The van der Waals surface area contributed by atoms with E-state index in [4.69, 9.17) is 22.2 Å². The summed E-state index contributed by atoms with van der Waals surface area (Å²) in [5, 5.41) is 11.5. The molecule has 0 saturated carbocycles. The highest BCUT2D eigenvalue weighted by Crippen LogP contribution is 2.12. The lowest BCUT2D eigenvalue weighted by Gasteiger charge is -2.08. The van der Waals surface area contributed by atoms with Crippen LogP contribution >= 0.6 is 12.2 Å². The molecule has 7 nitrogen and oxygen atoms in total. The number of nitrogens with one attached hydrogen (secondary N) is 3. The molecule has 0 atom stereocenters. The zero-order valence-electron chi connectivity index (χ0n) is 13.2. The molecule has 1 aromatic heterocycles. The lowest BCUT2D eigenvalue weighted by Crippen LogP contribution is -2.28. The first-order chi connectivity index (χ1) is 12.2. The lowest BCUT2D eigenvalue weighted by atomic mass is 10.2. The second-order valence-corrected chi connectivity index (χ2v) is 5.58. The number of aromatic nitrogens is 2. The first-order valence-electron chi connectivity index (χ1n) is 7.57. The molecule has 2 aromatic carbocycles. The van der Waals surface area contributed by atoms with E-state index in [2.05, 4.69) is 15.3 Å². The van der Waals surface area contributed by atoms with Crippen molar-refractivity contribution in [3.8, 4) is 5.75 Å². The first kappa shape index (κ1) is 16.9. The number of thiocarbonyl (C=S) groups is 1. The summed E-state index contributed by atoms with van der Waals surface area (Å²) in [5.41, 5.74) is 4.18. The maximum atomic E-state index is 12.1. The van der Waals surface area contributed by atoms with E-state index in [1.807, 2.05) is 29.7 Å². The SMILES string of the molecule is O=C(NCCOc1ccc(C(=S)NO)cc1)c1nc2ccccc2[nH]1. The van der Waals surface area contributed by atoms with Gasteiger partial charge in [0.1, 0.15) is 17.3 Å². The fourth-order valence-corrected chi connectivity index (χ4v) is 2.38. The summed E-state index contributed by atoms with van der Waals surface area (Å²) < 4.78 is 5.55. The van der Waals surface area contributed by atoms with Crippen molar-refractivity contribution in [2.75, 3.05) is 13.2 Å². The minimum atomic E-state index is -0.283. The number of carbonyl (C=O) groups excluding carboxylic acids is 1. The first-order valence-corrected chi connectivity index (χ1v) is 7.98. The molecule has 25 heavy (non-hydrogen) atoms. The number of hydrogen-bond donors (Lipinski definition) is 4. The highest BCUT2D eigenvalue weighted by atomic mass is 32.1. The second-order valence-electron chi connectivity index (χ2n) is 5.17. The third-order valence-corrected chi connectivity index (χ3v) is 3.81. The Morgan fingerprint density at radius 1 is 1.20 bits per heavy atom. The number of fused-ring (bicyclic) bond motifs is 1. The topological polar surface area (TPSA) is 99.3 Å². The molecule has 0 spiro atoms. The number of imidazole rings is 1. The molecule has 1 heterocycles. The minimum absolute atomic E-state index is 0.240. The molecule has 1 amide bonds. The van der Waals surface area contributed by atoms with Gasteiger partial charge in [-0.3, -0.25) is 15.5 Å². The Balaban J connectivity index is 1.47. The summed E-state index contributed by atoms with van der Waals surface area (Å²) in [4.78, 5) is 19.5. The maximum absolute atomic E-state index is 12.1. The number of para-hydroxylation sites is 2. The van der Waals surface area contributed by atoms with Gasteiger partial charge in [-0.2, -0.15) is 0 Å². The van der Waals surface area contributed by atoms with E-state index in [-0.39, 0.29) is 16.7 Å². The largest absolute Gasteiger partial charge is 0.492 e. The molecule has 0 radical (unpaired) electrons. The van der Waals surface area contributed by atoms with Gasteiger partial charge in [0.15, 0.2) is 5.82 Å². The summed E-state index contributed by atoms with van der Waals surface area (Å²) in [5.74, 6) is 0.632. The van der Waals surface area contributed by atoms with Crippen LogP contribution < -0.4 is 15.5 Å². The van der Waals surface area contributed by atoms with Crippen molar-refractivity contribution < 1.29 is 14.7 Å². The van der Waals surface area contributed by atoms with Gasteiger partial charge >= 0.3 is 0 Å². The van der Waals surface area contributed by atoms with E-state index in [1.165, 1.54) is 0 Å². The molecule has 0 bridgehead atoms. The normalized spacial score (nSPS) is 10.4. The molecular formula is C17H16N4O3S. The fraction of sp³-hybridized carbons (Fsp3) is 0.118. The summed E-state index contributed by atoms with van der Waals surface area (Å²) >= 11 is 4.91. The maximum Gasteiger partial charge on any atom is 0.287 e. The van der Waals surface area contributed by atoms with Crippen molar-refractivity contribution in [3.05, 3.63) is 59.9 Å². The summed E-state index contributed by atoms with van der Waals surface area (Å²) in [7, 11) is 0. The van der Waals surface area contributed by atoms with Crippen LogP contribution in [0.1, 0.15) is 16.2 Å². The van der Waals surface area contributed by atoms with Gasteiger partial charge in [-0.1, -0.05) is 24.4 Å². The monoisotopic (exact) mass is 356 g/mol. The number of H-pyrrole nitrogens is 1. The number of rotatable bonds is 6. The van der Waals surface area contributed by atoms with E-state index in [9.17, 15) is 4.79 Å². The fourth-order valence-electron chi connectivity index (χ4n) is 2.24. The molecule has 0 saturated heterocycles. The van der Waals surface area contributed by atoms with Gasteiger partial charge < -0.3 is 15.0 Å². The van der Waals surface area contributed by atoms with Crippen LogP contribution in [0.15, 0.2) is 48.5 Å². The number of nitrogens with zero attached hydrogens (tertiary/aromatic N) is 1. The van der Waals surface area contributed by atoms with E-state index < -0.39 is 0 Å². The van der Waals surface area contributed by atoms with Crippen LogP contribution in [0.4, 0.5) is 0 Å². The van der Waals surface area contributed by atoms with Crippen LogP contribution in [-0.4, -0.2) is 39.2 Å². The van der Waals surface area contributed by atoms with Gasteiger partial charge in [0.05, 0.1) is 17.6 Å². The zero-order valence-corrected chi connectivity index (χ0v) is 14.0. The third-order valence-electron chi connectivity index (χ3n) is 3.48. The van der Waals surface area contributed by atoms with Crippen LogP contribution in [0.3, 0.4) is 0 Å². The quantitative estimate of drug-likeness (QED) is 0.306. The van der Waals surface area contributed by atoms with Crippen LogP contribution in [0.5, 0.6) is 5.75 Å². The van der Waals surface area contributed by atoms with Gasteiger partial charge in [0.2, 0.25) is 0 Å². The summed E-state index contributed by atoms with van der Waals surface area (Å²) in [6.45, 7) is 0.655. The molecular weight excluding hydrogens is 340 g/mol. The standard InChI is InChI=1S/C17H16N4O3S/c22-16(15-19-13-3-1-2-4-14(13)20-15)18-9-10-24-12-7-5-11(6-8-12)17(25)21-23/h1-8,23H,9-10H2,(H,18,22)(H,19,20)(H,21,25). The van der Waals surface area contributed by atoms with Crippen molar-refractivity contribution in [3.63, 3.8) is 0 Å². The smallest absolute Gasteiger partial charge is 0.287 e. The predicted octanol–water partition coefficient (Wildman–Crippen LogP) is 2.03. The van der Waals surface area contributed by atoms with E-state index in [1.54, 1.807) is 24.3 Å². The molecule has 0 aliphatic carbocycles. The highest BCUT2D eigenvalue weighted by molar-refractivity contribution is 7.80. The Morgan fingerprint density at radius 3 is 2.68 bits per heavy atom. The predicted molar refractivity (Wildman–Crippen MR) is 97.0 cm³/mol. The van der Waals surface area contributed by atoms with Crippen molar-refractivity contribution in [1.82, 2.24) is 20.8 Å². The molecule has 128 valence electrons. The van der Waals surface area contributed by atoms with Gasteiger partial charge in [-0.25, -0.2) is 4.98 Å².